The van der Waals surface area contributed by atoms with Gasteiger partial charge in [-0.15, -0.1) is 0 Å². The highest BCUT2D eigenvalue weighted by Gasteiger charge is 2.26. The summed E-state index contributed by atoms with van der Waals surface area (Å²) in [6, 6.07) is 1.26. The molecule has 0 saturated heterocycles. The van der Waals surface area contributed by atoms with Crippen LogP contribution in [0.25, 0.3) is 0 Å². The maximum Gasteiger partial charge on any atom is 0.0108 e. The molecule has 0 heterocycles. The molecular weight excluding hydrogens is 184 g/mol. The second-order valence-electron chi connectivity index (χ2n) is 5.67. The van der Waals surface area contributed by atoms with E-state index in [0.717, 1.165) is 12.0 Å². The first-order valence-corrected chi connectivity index (χ1v) is 6.71. The average molecular weight is 210 g/mol. The Morgan fingerprint density at radius 2 is 1.80 bits per heavy atom. The highest BCUT2D eigenvalue weighted by molar-refractivity contribution is 4.84. The maximum absolute atomic E-state index is 5.97. The summed E-state index contributed by atoms with van der Waals surface area (Å²) in [6.45, 7) is 1.32. The second kappa shape index (κ2) is 5.31. The van der Waals surface area contributed by atoms with Gasteiger partial charge in [0, 0.05) is 18.6 Å². The van der Waals surface area contributed by atoms with Crippen LogP contribution in [-0.2, 0) is 0 Å². The molecule has 0 amide bonds. The summed E-state index contributed by atoms with van der Waals surface area (Å²) < 4.78 is 0. The monoisotopic (exact) mass is 210 g/mol. The maximum atomic E-state index is 5.97. The summed E-state index contributed by atoms with van der Waals surface area (Å²) in [5, 5.41) is 0. The van der Waals surface area contributed by atoms with Gasteiger partial charge in [-0.2, -0.15) is 0 Å². The quantitative estimate of drug-likeness (QED) is 0.775. The summed E-state index contributed by atoms with van der Waals surface area (Å²) >= 11 is 0. The van der Waals surface area contributed by atoms with Crippen LogP contribution in [0.5, 0.6) is 0 Å². The van der Waals surface area contributed by atoms with Crippen molar-refractivity contribution >= 4 is 0 Å². The van der Waals surface area contributed by atoms with Gasteiger partial charge < -0.3 is 10.6 Å². The van der Waals surface area contributed by atoms with Crippen molar-refractivity contribution in [3.63, 3.8) is 0 Å². The van der Waals surface area contributed by atoms with E-state index in [9.17, 15) is 0 Å². The summed E-state index contributed by atoms with van der Waals surface area (Å²) in [5.74, 6) is 0.973. The first kappa shape index (κ1) is 11.4. The molecular formula is C13H26N2. The SMILES string of the molecule is CN(CC1CCCCC1)C1CCC(N)C1. The van der Waals surface area contributed by atoms with E-state index < -0.39 is 0 Å². The van der Waals surface area contributed by atoms with Crippen LogP contribution in [0.3, 0.4) is 0 Å². The number of rotatable bonds is 3. The third-order valence-electron chi connectivity index (χ3n) is 4.34. The molecule has 0 aromatic rings. The first-order chi connectivity index (χ1) is 7.25. The smallest absolute Gasteiger partial charge is 0.0108 e. The molecule has 0 bridgehead atoms. The zero-order chi connectivity index (χ0) is 10.7. The normalized spacial score (nSPS) is 33.8. The van der Waals surface area contributed by atoms with Gasteiger partial charge in [0.25, 0.3) is 0 Å². The molecule has 2 nitrogen and oxygen atoms in total. The largest absolute Gasteiger partial charge is 0.328 e. The van der Waals surface area contributed by atoms with E-state index in [1.54, 1.807) is 0 Å². The molecule has 0 spiro atoms. The molecule has 2 N–H and O–H groups in total. The topological polar surface area (TPSA) is 29.3 Å². The van der Waals surface area contributed by atoms with Crippen LogP contribution < -0.4 is 5.73 Å². The third-order valence-corrected chi connectivity index (χ3v) is 4.34. The van der Waals surface area contributed by atoms with Crippen LogP contribution in [0.4, 0.5) is 0 Å². The highest BCUT2D eigenvalue weighted by Crippen LogP contribution is 2.27. The van der Waals surface area contributed by atoms with Gasteiger partial charge in [0.2, 0.25) is 0 Å². The lowest BCUT2D eigenvalue weighted by atomic mass is 9.88. The van der Waals surface area contributed by atoms with E-state index in [1.165, 1.54) is 57.9 Å². The van der Waals surface area contributed by atoms with Crippen molar-refractivity contribution in [1.82, 2.24) is 4.90 Å². The molecule has 0 aromatic carbocycles. The van der Waals surface area contributed by atoms with Gasteiger partial charge in [-0.1, -0.05) is 19.3 Å². The van der Waals surface area contributed by atoms with Crippen LogP contribution >= 0.6 is 0 Å². The van der Waals surface area contributed by atoms with Crippen molar-refractivity contribution in [3.8, 4) is 0 Å². The van der Waals surface area contributed by atoms with Gasteiger partial charge in [0.1, 0.15) is 0 Å². The van der Waals surface area contributed by atoms with E-state index in [2.05, 4.69) is 11.9 Å². The van der Waals surface area contributed by atoms with Crippen LogP contribution in [-0.4, -0.2) is 30.6 Å². The van der Waals surface area contributed by atoms with Crippen LogP contribution in [0.1, 0.15) is 51.4 Å². The fourth-order valence-electron chi connectivity index (χ4n) is 3.32. The molecule has 0 aromatic heterocycles. The number of nitrogens with zero attached hydrogens (tertiary/aromatic N) is 1. The molecule has 0 aliphatic heterocycles. The Bertz CT molecular complexity index is 187. The Morgan fingerprint density at radius 3 is 2.40 bits per heavy atom. The van der Waals surface area contributed by atoms with Crippen molar-refractivity contribution in [3.05, 3.63) is 0 Å². The predicted octanol–water partition coefficient (Wildman–Crippen LogP) is 2.38. The lowest BCUT2D eigenvalue weighted by molar-refractivity contribution is 0.183. The highest BCUT2D eigenvalue weighted by atomic mass is 15.1. The van der Waals surface area contributed by atoms with E-state index in [-0.39, 0.29) is 0 Å². The van der Waals surface area contributed by atoms with Crippen molar-refractivity contribution in [2.75, 3.05) is 13.6 Å². The Balaban J connectivity index is 1.73. The minimum absolute atomic E-state index is 0.476. The average Bonchev–Trinajstić information content (AvgIpc) is 2.66. The van der Waals surface area contributed by atoms with Crippen LogP contribution in [0, 0.1) is 5.92 Å². The van der Waals surface area contributed by atoms with E-state index in [4.69, 9.17) is 5.73 Å². The Hall–Kier alpha value is -0.0800. The van der Waals surface area contributed by atoms with E-state index >= 15 is 0 Å². The van der Waals surface area contributed by atoms with Gasteiger partial charge >= 0.3 is 0 Å². The molecule has 0 radical (unpaired) electrons. The molecule has 88 valence electrons. The fraction of sp³-hybridized carbons (Fsp3) is 1.00. The summed E-state index contributed by atoms with van der Waals surface area (Å²) in [6.07, 6.45) is 11.1. The number of hydrogen-bond donors (Lipinski definition) is 1. The molecule has 2 atom stereocenters. The molecule has 2 fully saturated rings. The van der Waals surface area contributed by atoms with Crippen LogP contribution in [0.2, 0.25) is 0 Å². The Kier molecular flexibility index (Phi) is 4.04. The molecule has 2 saturated carbocycles. The molecule has 2 aliphatic rings. The lowest BCUT2D eigenvalue weighted by Crippen LogP contribution is -2.35. The van der Waals surface area contributed by atoms with Gasteiger partial charge in [0.15, 0.2) is 0 Å². The number of hydrogen-bond acceptors (Lipinski definition) is 2. The lowest BCUT2D eigenvalue weighted by Gasteiger charge is -2.30. The first-order valence-electron chi connectivity index (χ1n) is 6.71. The molecule has 2 unspecified atom stereocenters. The summed E-state index contributed by atoms with van der Waals surface area (Å²) in [5.41, 5.74) is 5.97. The third kappa shape index (κ3) is 3.18. The molecule has 2 rings (SSSR count). The van der Waals surface area contributed by atoms with Crippen molar-refractivity contribution in [2.45, 2.75) is 63.5 Å². The zero-order valence-corrected chi connectivity index (χ0v) is 10.1. The summed E-state index contributed by atoms with van der Waals surface area (Å²) in [7, 11) is 2.30. The van der Waals surface area contributed by atoms with Crippen LogP contribution in [0.15, 0.2) is 0 Å². The molecule has 2 heteroatoms. The van der Waals surface area contributed by atoms with Crippen molar-refractivity contribution < 1.29 is 0 Å². The van der Waals surface area contributed by atoms with E-state index in [0.29, 0.717) is 6.04 Å². The van der Waals surface area contributed by atoms with Gasteiger partial charge in [-0.25, -0.2) is 0 Å². The number of nitrogens with two attached hydrogens (primary N) is 1. The standard InChI is InChI=1S/C13H26N2/c1-15(13-8-7-12(14)9-13)10-11-5-3-2-4-6-11/h11-13H,2-10,14H2,1H3. The van der Waals surface area contributed by atoms with Crippen molar-refractivity contribution in [1.29, 1.82) is 0 Å². The molecule has 15 heavy (non-hydrogen) atoms. The Morgan fingerprint density at radius 1 is 1.07 bits per heavy atom. The van der Waals surface area contributed by atoms with Gasteiger partial charge in [-0.3, -0.25) is 0 Å². The molecule has 2 aliphatic carbocycles. The second-order valence-corrected chi connectivity index (χ2v) is 5.67. The summed E-state index contributed by atoms with van der Waals surface area (Å²) in [4.78, 5) is 2.59. The minimum Gasteiger partial charge on any atom is -0.328 e. The minimum atomic E-state index is 0.476. The van der Waals surface area contributed by atoms with Crippen molar-refractivity contribution in [2.24, 2.45) is 11.7 Å². The van der Waals surface area contributed by atoms with Gasteiger partial charge in [0.05, 0.1) is 0 Å². The van der Waals surface area contributed by atoms with E-state index in [1.807, 2.05) is 0 Å². The predicted molar refractivity (Wildman–Crippen MR) is 64.8 cm³/mol. The zero-order valence-electron chi connectivity index (χ0n) is 10.1. The fourth-order valence-corrected chi connectivity index (χ4v) is 3.32. The Labute approximate surface area is 94.2 Å². The van der Waals surface area contributed by atoms with Gasteiger partial charge in [-0.05, 0) is 45.1 Å².